The minimum Gasteiger partial charge on any atom is -0.317 e. The molecule has 1 aromatic heterocycles. The molecule has 0 spiro atoms. The Hall–Kier alpha value is -0.830. The molecule has 1 aromatic rings. The first kappa shape index (κ1) is 13.2. The van der Waals surface area contributed by atoms with Gasteiger partial charge < -0.3 is 5.32 Å². The summed E-state index contributed by atoms with van der Waals surface area (Å²) in [5.41, 5.74) is 3.81. The molecule has 0 aromatic carbocycles. The van der Waals surface area contributed by atoms with E-state index >= 15 is 0 Å². The zero-order valence-electron chi connectivity index (χ0n) is 11.3. The van der Waals surface area contributed by atoms with Crippen molar-refractivity contribution in [3.8, 4) is 0 Å². The first-order chi connectivity index (χ1) is 7.57. The molecule has 0 saturated heterocycles. The lowest BCUT2D eigenvalue weighted by Gasteiger charge is -2.14. The summed E-state index contributed by atoms with van der Waals surface area (Å²) in [6.07, 6.45) is 2.40. The number of aromatic nitrogens is 2. The van der Waals surface area contributed by atoms with Crippen LogP contribution in [0.15, 0.2) is 0 Å². The fraction of sp³-hybridized carbons (Fsp3) is 0.769. The van der Waals surface area contributed by atoms with Crippen LogP contribution in [-0.2, 0) is 0 Å². The third-order valence-electron chi connectivity index (χ3n) is 3.33. The second-order valence-corrected chi connectivity index (χ2v) is 4.59. The molecule has 0 aliphatic carbocycles. The maximum atomic E-state index is 4.60. The molecule has 0 fully saturated rings. The number of nitrogens with one attached hydrogen (secondary N) is 1. The van der Waals surface area contributed by atoms with E-state index in [0.29, 0.717) is 6.04 Å². The highest BCUT2D eigenvalue weighted by Gasteiger charge is 2.12. The van der Waals surface area contributed by atoms with Crippen molar-refractivity contribution in [1.29, 1.82) is 0 Å². The highest BCUT2D eigenvalue weighted by Crippen LogP contribution is 2.19. The van der Waals surface area contributed by atoms with Gasteiger partial charge in [-0.15, -0.1) is 0 Å². The smallest absolute Gasteiger partial charge is 0.0625 e. The van der Waals surface area contributed by atoms with E-state index in [-0.39, 0.29) is 0 Å². The Morgan fingerprint density at radius 3 is 2.50 bits per heavy atom. The molecule has 1 atom stereocenters. The first-order valence-corrected chi connectivity index (χ1v) is 6.31. The molecule has 0 radical (unpaired) electrons. The van der Waals surface area contributed by atoms with Gasteiger partial charge in [0, 0.05) is 11.7 Å². The number of rotatable bonds is 6. The van der Waals surface area contributed by atoms with Gasteiger partial charge in [0.15, 0.2) is 0 Å². The fourth-order valence-corrected chi connectivity index (χ4v) is 2.00. The van der Waals surface area contributed by atoms with Crippen molar-refractivity contribution in [2.45, 2.75) is 53.5 Å². The van der Waals surface area contributed by atoms with Crippen LogP contribution >= 0.6 is 0 Å². The zero-order chi connectivity index (χ0) is 12.1. The summed E-state index contributed by atoms with van der Waals surface area (Å²) >= 11 is 0. The predicted octanol–water partition coefficient (Wildman–Crippen LogP) is 2.76. The number of aryl methyl sites for hydroxylation is 1. The van der Waals surface area contributed by atoms with Gasteiger partial charge in [-0.05, 0) is 59.2 Å². The Balaban J connectivity index is 2.52. The van der Waals surface area contributed by atoms with Crippen molar-refractivity contribution >= 4 is 0 Å². The van der Waals surface area contributed by atoms with E-state index in [1.54, 1.807) is 0 Å². The first-order valence-electron chi connectivity index (χ1n) is 6.31. The van der Waals surface area contributed by atoms with Crippen LogP contribution in [0.5, 0.6) is 0 Å². The molecular weight excluding hydrogens is 198 g/mol. The largest absolute Gasteiger partial charge is 0.317 e. The molecule has 92 valence electrons. The standard InChI is InChI=1S/C13H25N3/c1-6-14-9-7-8-10(2)16-13(5)11(3)12(4)15-16/h10,14H,6-9H2,1-5H3. The topological polar surface area (TPSA) is 29.9 Å². The van der Waals surface area contributed by atoms with Crippen LogP contribution < -0.4 is 5.32 Å². The summed E-state index contributed by atoms with van der Waals surface area (Å²) in [6, 6.07) is 0.506. The van der Waals surface area contributed by atoms with Gasteiger partial charge in [-0.2, -0.15) is 5.10 Å². The van der Waals surface area contributed by atoms with Gasteiger partial charge in [-0.1, -0.05) is 6.92 Å². The average molecular weight is 223 g/mol. The molecule has 1 N–H and O–H groups in total. The molecule has 1 heterocycles. The van der Waals surface area contributed by atoms with Gasteiger partial charge in [0.2, 0.25) is 0 Å². The van der Waals surface area contributed by atoms with Crippen molar-refractivity contribution in [3.63, 3.8) is 0 Å². The van der Waals surface area contributed by atoms with Crippen LogP contribution in [0, 0.1) is 20.8 Å². The highest BCUT2D eigenvalue weighted by molar-refractivity contribution is 5.22. The molecule has 1 rings (SSSR count). The van der Waals surface area contributed by atoms with Crippen LogP contribution in [-0.4, -0.2) is 22.9 Å². The summed E-state index contributed by atoms with van der Waals surface area (Å²) in [5, 5.41) is 7.96. The maximum absolute atomic E-state index is 4.60. The van der Waals surface area contributed by atoms with Gasteiger partial charge in [0.05, 0.1) is 5.69 Å². The predicted molar refractivity (Wildman–Crippen MR) is 68.9 cm³/mol. The van der Waals surface area contributed by atoms with Crippen LogP contribution in [0.3, 0.4) is 0 Å². The molecule has 0 aliphatic heterocycles. The van der Waals surface area contributed by atoms with Crippen molar-refractivity contribution in [3.05, 3.63) is 17.0 Å². The Morgan fingerprint density at radius 1 is 1.31 bits per heavy atom. The zero-order valence-corrected chi connectivity index (χ0v) is 11.3. The van der Waals surface area contributed by atoms with E-state index in [9.17, 15) is 0 Å². The summed E-state index contributed by atoms with van der Waals surface area (Å²) in [5.74, 6) is 0. The Morgan fingerprint density at radius 2 is 2.00 bits per heavy atom. The summed E-state index contributed by atoms with van der Waals surface area (Å²) in [6.45, 7) is 13.0. The maximum Gasteiger partial charge on any atom is 0.0625 e. The third kappa shape index (κ3) is 3.08. The number of nitrogens with zero attached hydrogens (tertiary/aromatic N) is 2. The van der Waals surface area contributed by atoms with E-state index < -0.39 is 0 Å². The normalized spacial score (nSPS) is 13.1. The van der Waals surface area contributed by atoms with Crippen LogP contribution in [0.4, 0.5) is 0 Å². The lowest BCUT2D eigenvalue weighted by atomic mass is 10.1. The summed E-state index contributed by atoms with van der Waals surface area (Å²) < 4.78 is 2.18. The Bertz CT molecular complexity index is 328. The molecule has 0 aliphatic rings. The molecule has 0 amide bonds. The molecule has 0 saturated carbocycles. The van der Waals surface area contributed by atoms with E-state index in [1.165, 1.54) is 24.1 Å². The van der Waals surface area contributed by atoms with Gasteiger partial charge in [0.1, 0.15) is 0 Å². The van der Waals surface area contributed by atoms with Crippen LogP contribution in [0.1, 0.15) is 49.7 Å². The SMILES string of the molecule is CCNCCCC(C)n1nc(C)c(C)c1C. The van der Waals surface area contributed by atoms with Crippen molar-refractivity contribution in [2.75, 3.05) is 13.1 Å². The van der Waals surface area contributed by atoms with Crippen molar-refractivity contribution in [1.82, 2.24) is 15.1 Å². The minimum atomic E-state index is 0.506. The lowest BCUT2D eigenvalue weighted by molar-refractivity contribution is 0.430. The molecule has 16 heavy (non-hydrogen) atoms. The third-order valence-corrected chi connectivity index (χ3v) is 3.33. The number of hydrogen-bond donors (Lipinski definition) is 1. The molecule has 1 unspecified atom stereocenters. The minimum absolute atomic E-state index is 0.506. The summed E-state index contributed by atoms with van der Waals surface area (Å²) in [4.78, 5) is 0. The fourth-order valence-electron chi connectivity index (χ4n) is 2.00. The quantitative estimate of drug-likeness (QED) is 0.752. The van der Waals surface area contributed by atoms with Crippen LogP contribution in [0.2, 0.25) is 0 Å². The molecular formula is C13H25N3. The van der Waals surface area contributed by atoms with Gasteiger partial charge in [-0.25, -0.2) is 0 Å². The molecule has 3 nitrogen and oxygen atoms in total. The van der Waals surface area contributed by atoms with E-state index in [0.717, 1.165) is 18.8 Å². The second-order valence-electron chi connectivity index (χ2n) is 4.59. The highest BCUT2D eigenvalue weighted by atomic mass is 15.3. The monoisotopic (exact) mass is 223 g/mol. The van der Waals surface area contributed by atoms with E-state index in [1.807, 2.05) is 0 Å². The van der Waals surface area contributed by atoms with E-state index in [2.05, 4.69) is 49.7 Å². The van der Waals surface area contributed by atoms with Gasteiger partial charge >= 0.3 is 0 Å². The van der Waals surface area contributed by atoms with Crippen molar-refractivity contribution in [2.24, 2.45) is 0 Å². The van der Waals surface area contributed by atoms with Gasteiger partial charge in [0.25, 0.3) is 0 Å². The van der Waals surface area contributed by atoms with Crippen LogP contribution in [0.25, 0.3) is 0 Å². The Kier molecular flexibility index (Phi) is 5.00. The number of hydrogen-bond acceptors (Lipinski definition) is 2. The van der Waals surface area contributed by atoms with E-state index in [4.69, 9.17) is 0 Å². The molecule has 0 bridgehead atoms. The average Bonchev–Trinajstić information content (AvgIpc) is 2.52. The Labute approximate surface area is 99.2 Å². The molecule has 3 heteroatoms. The summed E-state index contributed by atoms with van der Waals surface area (Å²) in [7, 11) is 0. The lowest BCUT2D eigenvalue weighted by Crippen LogP contribution is -2.16. The second kappa shape index (κ2) is 6.04. The van der Waals surface area contributed by atoms with Gasteiger partial charge in [-0.3, -0.25) is 4.68 Å². The van der Waals surface area contributed by atoms with Crippen molar-refractivity contribution < 1.29 is 0 Å².